The molecule has 88 valence electrons. The number of rotatable bonds is 2. The zero-order valence-corrected chi connectivity index (χ0v) is 11.0. The van der Waals surface area contributed by atoms with Crippen LogP contribution in [0.5, 0.6) is 0 Å². The zero-order chi connectivity index (χ0) is 12.2. The molecule has 1 heterocycles. The topological polar surface area (TPSA) is 37.3 Å². The minimum atomic E-state index is -0.889. The molecular formula is C12H8Cl2O2S. The molecule has 2 nitrogen and oxygen atoms in total. The molecule has 2 aromatic rings. The maximum absolute atomic E-state index is 11.3. The molecule has 17 heavy (non-hydrogen) atoms. The number of thiophene rings is 1. The van der Waals surface area contributed by atoms with Crippen LogP contribution in [0.2, 0.25) is 10.0 Å². The van der Waals surface area contributed by atoms with Gasteiger partial charge in [0.2, 0.25) is 0 Å². The fourth-order valence-electron chi connectivity index (χ4n) is 2.07. The van der Waals surface area contributed by atoms with Crippen molar-refractivity contribution >= 4 is 50.6 Å². The van der Waals surface area contributed by atoms with Gasteiger partial charge in [0.25, 0.3) is 0 Å². The Balaban J connectivity index is 2.42. The fourth-order valence-corrected chi connectivity index (χ4v) is 3.82. The van der Waals surface area contributed by atoms with Crippen molar-refractivity contribution in [2.75, 3.05) is 0 Å². The van der Waals surface area contributed by atoms with Crippen LogP contribution in [0.1, 0.15) is 34.0 Å². The van der Waals surface area contributed by atoms with E-state index in [0.717, 1.165) is 28.5 Å². The summed E-state index contributed by atoms with van der Waals surface area (Å²) in [4.78, 5) is 11.7. The number of carboxylic acid groups (broad SMARTS) is 1. The quantitative estimate of drug-likeness (QED) is 0.862. The second-order valence-corrected chi connectivity index (χ2v) is 5.99. The molecule has 0 aliphatic heterocycles. The molecular weight excluding hydrogens is 279 g/mol. The molecule has 3 rings (SSSR count). The van der Waals surface area contributed by atoms with E-state index in [-0.39, 0.29) is 0 Å². The highest BCUT2D eigenvalue weighted by molar-refractivity contribution is 7.21. The van der Waals surface area contributed by atoms with Gasteiger partial charge in [-0.3, -0.25) is 0 Å². The van der Waals surface area contributed by atoms with Crippen LogP contribution in [0.15, 0.2) is 12.1 Å². The Morgan fingerprint density at radius 3 is 2.53 bits per heavy atom. The predicted octanol–water partition coefficient (Wildman–Crippen LogP) is 4.78. The average Bonchev–Trinajstić information content (AvgIpc) is 3.03. The van der Waals surface area contributed by atoms with E-state index < -0.39 is 5.97 Å². The molecule has 1 aromatic heterocycles. The van der Waals surface area contributed by atoms with Crippen molar-refractivity contribution in [3.63, 3.8) is 0 Å². The van der Waals surface area contributed by atoms with E-state index in [1.54, 1.807) is 12.1 Å². The summed E-state index contributed by atoms with van der Waals surface area (Å²) in [7, 11) is 0. The first-order valence-corrected chi connectivity index (χ1v) is 6.80. The van der Waals surface area contributed by atoms with Gasteiger partial charge >= 0.3 is 5.97 Å². The molecule has 0 unspecified atom stereocenters. The Morgan fingerprint density at radius 1 is 1.29 bits per heavy atom. The second-order valence-electron chi connectivity index (χ2n) is 4.16. The molecule has 1 aromatic carbocycles. The summed E-state index contributed by atoms with van der Waals surface area (Å²) in [6, 6.07) is 3.45. The molecule has 0 bridgehead atoms. The third-order valence-corrected chi connectivity index (χ3v) is 4.93. The summed E-state index contributed by atoms with van der Waals surface area (Å²) in [5.41, 5.74) is 0.880. The van der Waals surface area contributed by atoms with Crippen molar-refractivity contribution in [2.24, 2.45) is 0 Å². The first-order valence-electron chi connectivity index (χ1n) is 5.23. The van der Waals surface area contributed by atoms with Gasteiger partial charge in [-0.2, -0.15) is 0 Å². The SMILES string of the molecule is O=C(O)c1sc2c(Cl)ccc(Cl)c2c1C1CC1. The van der Waals surface area contributed by atoms with Gasteiger partial charge in [0.05, 0.1) is 9.72 Å². The van der Waals surface area contributed by atoms with Gasteiger partial charge in [0.15, 0.2) is 0 Å². The van der Waals surface area contributed by atoms with Gasteiger partial charge in [0, 0.05) is 10.4 Å². The third-order valence-electron chi connectivity index (χ3n) is 2.96. The van der Waals surface area contributed by atoms with E-state index in [1.807, 2.05) is 0 Å². The summed E-state index contributed by atoms with van der Waals surface area (Å²) >= 11 is 13.5. The number of hydrogen-bond acceptors (Lipinski definition) is 2. The average molecular weight is 287 g/mol. The Labute approximate surface area is 112 Å². The molecule has 0 spiro atoms. The zero-order valence-electron chi connectivity index (χ0n) is 8.67. The molecule has 1 aliphatic carbocycles. The maximum atomic E-state index is 11.3. The number of carboxylic acids is 1. The lowest BCUT2D eigenvalue weighted by atomic mass is 10.1. The minimum absolute atomic E-state index is 0.339. The maximum Gasteiger partial charge on any atom is 0.346 e. The Bertz CT molecular complexity index is 629. The molecule has 1 saturated carbocycles. The number of aromatic carboxylic acids is 1. The number of benzene rings is 1. The Morgan fingerprint density at radius 2 is 1.94 bits per heavy atom. The molecule has 0 radical (unpaired) electrons. The van der Waals surface area contributed by atoms with Crippen LogP contribution in [0, 0.1) is 0 Å². The molecule has 5 heteroatoms. The summed E-state index contributed by atoms with van der Waals surface area (Å²) in [5, 5.41) is 11.3. The van der Waals surface area contributed by atoms with Crippen LogP contribution in [-0.2, 0) is 0 Å². The molecule has 0 amide bonds. The van der Waals surface area contributed by atoms with Crippen LogP contribution in [0.25, 0.3) is 10.1 Å². The first kappa shape index (κ1) is 11.3. The van der Waals surface area contributed by atoms with Crippen LogP contribution in [0.4, 0.5) is 0 Å². The van der Waals surface area contributed by atoms with Gasteiger partial charge in [-0.25, -0.2) is 4.79 Å². The van der Waals surface area contributed by atoms with E-state index in [2.05, 4.69) is 0 Å². The molecule has 1 aliphatic rings. The van der Waals surface area contributed by atoms with Gasteiger partial charge in [0.1, 0.15) is 4.88 Å². The molecule has 1 N–H and O–H groups in total. The van der Waals surface area contributed by atoms with E-state index in [0.29, 0.717) is 20.8 Å². The van der Waals surface area contributed by atoms with Crippen molar-refractivity contribution in [2.45, 2.75) is 18.8 Å². The summed E-state index contributed by atoms with van der Waals surface area (Å²) in [6.07, 6.45) is 2.07. The van der Waals surface area contributed by atoms with Gasteiger partial charge in [-0.05, 0) is 36.5 Å². The predicted molar refractivity (Wildman–Crippen MR) is 70.8 cm³/mol. The number of fused-ring (bicyclic) bond motifs is 1. The largest absolute Gasteiger partial charge is 0.477 e. The second kappa shape index (κ2) is 3.87. The minimum Gasteiger partial charge on any atom is -0.477 e. The lowest BCUT2D eigenvalue weighted by Crippen LogP contribution is -1.96. The van der Waals surface area contributed by atoms with Crippen LogP contribution >= 0.6 is 34.5 Å². The van der Waals surface area contributed by atoms with Crippen LogP contribution in [-0.4, -0.2) is 11.1 Å². The summed E-state index contributed by atoms with van der Waals surface area (Å²) < 4.78 is 0.790. The van der Waals surface area contributed by atoms with Crippen LogP contribution < -0.4 is 0 Å². The Hall–Kier alpha value is -0.770. The van der Waals surface area contributed by atoms with E-state index >= 15 is 0 Å². The standard InChI is InChI=1S/C12H8Cl2O2S/c13-6-3-4-7(14)10-9(6)8(5-1-2-5)11(17-10)12(15)16/h3-5H,1-2H2,(H,15,16). The molecule has 0 atom stereocenters. The Kier molecular flexibility index (Phi) is 2.58. The van der Waals surface area contributed by atoms with Crippen molar-refractivity contribution in [1.29, 1.82) is 0 Å². The number of hydrogen-bond donors (Lipinski definition) is 1. The van der Waals surface area contributed by atoms with E-state index in [9.17, 15) is 9.90 Å². The number of halogens is 2. The highest BCUT2D eigenvalue weighted by Gasteiger charge is 2.33. The smallest absolute Gasteiger partial charge is 0.346 e. The fraction of sp³-hybridized carbons (Fsp3) is 0.250. The lowest BCUT2D eigenvalue weighted by molar-refractivity contribution is 0.0701. The monoisotopic (exact) mass is 286 g/mol. The summed E-state index contributed by atoms with van der Waals surface area (Å²) in [5.74, 6) is -0.550. The van der Waals surface area contributed by atoms with Gasteiger partial charge in [-0.15, -0.1) is 11.3 Å². The van der Waals surface area contributed by atoms with E-state index in [4.69, 9.17) is 23.2 Å². The molecule has 0 saturated heterocycles. The highest BCUT2D eigenvalue weighted by atomic mass is 35.5. The summed E-state index contributed by atoms with van der Waals surface area (Å²) in [6.45, 7) is 0. The normalized spacial score (nSPS) is 15.4. The van der Waals surface area contributed by atoms with Crippen molar-refractivity contribution < 1.29 is 9.90 Å². The number of carbonyl (C=O) groups is 1. The van der Waals surface area contributed by atoms with E-state index in [1.165, 1.54) is 11.3 Å². The van der Waals surface area contributed by atoms with Gasteiger partial charge in [-0.1, -0.05) is 23.2 Å². The van der Waals surface area contributed by atoms with Crippen molar-refractivity contribution in [3.8, 4) is 0 Å². The van der Waals surface area contributed by atoms with Crippen molar-refractivity contribution in [3.05, 3.63) is 32.6 Å². The third kappa shape index (κ3) is 1.73. The first-order chi connectivity index (χ1) is 8.09. The van der Waals surface area contributed by atoms with Crippen molar-refractivity contribution in [1.82, 2.24) is 0 Å². The van der Waals surface area contributed by atoms with Gasteiger partial charge < -0.3 is 5.11 Å². The molecule has 1 fully saturated rings. The highest BCUT2D eigenvalue weighted by Crippen LogP contribution is 2.50. The van der Waals surface area contributed by atoms with Crippen LogP contribution in [0.3, 0.4) is 0 Å². The lowest BCUT2D eigenvalue weighted by Gasteiger charge is -2.01.